The van der Waals surface area contributed by atoms with Gasteiger partial charge in [0, 0.05) is 22.3 Å². The summed E-state index contributed by atoms with van der Waals surface area (Å²) in [6, 6.07) is 21.0. The summed E-state index contributed by atoms with van der Waals surface area (Å²) in [6.07, 6.45) is 1.49. The highest BCUT2D eigenvalue weighted by Crippen LogP contribution is 2.23. The van der Waals surface area contributed by atoms with E-state index in [4.69, 9.17) is 16.3 Å². The molecule has 1 unspecified atom stereocenters. The van der Waals surface area contributed by atoms with Crippen molar-refractivity contribution in [2.24, 2.45) is 0 Å². The van der Waals surface area contributed by atoms with Gasteiger partial charge in [-0.3, -0.25) is 14.3 Å². The largest absolute Gasteiger partial charge is 0.466 e. The quantitative estimate of drug-likeness (QED) is 0.383. The van der Waals surface area contributed by atoms with Crippen LogP contribution in [-0.4, -0.2) is 39.2 Å². The Kier molecular flexibility index (Phi) is 8.89. The van der Waals surface area contributed by atoms with Gasteiger partial charge in [-0.15, -0.1) is 0 Å². The molecule has 0 radical (unpaired) electrons. The highest BCUT2D eigenvalue weighted by Gasteiger charge is 2.19. The van der Waals surface area contributed by atoms with Crippen LogP contribution in [0.2, 0.25) is 5.02 Å². The number of hydrogen-bond donors (Lipinski definition) is 2. The van der Waals surface area contributed by atoms with E-state index in [0.717, 1.165) is 22.9 Å². The molecule has 3 rings (SSSR count). The van der Waals surface area contributed by atoms with Crippen LogP contribution in [0.1, 0.15) is 29.3 Å². The third-order valence-corrected chi connectivity index (χ3v) is 5.94. The van der Waals surface area contributed by atoms with Gasteiger partial charge in [0.05, 0.1) is 19.3 Å². The lowest BCUT2D eigenvalue weighted by molar-refractivity contribution is -0.143. The Hall–Kier alpha value is -3.36. The van der Waals surface area contributed by atoms with Crippen molar-refractivity contribution in [1.82, 2.24) is 5.32 Å². The number of hydrogen-bond acceptors (Lipinski definition) is 5. The molecular formula is C26H27ClN2O5S. The molecule has 7 nitrogen and oxygen atoms in total. The number of anilines is 1. The zero-order chi connectivity index (χ0) is 25.4. The van der Waals surface area contributed by atoms with Gasteiger partial charge in [0.25, 0.3) is 5.91 Å². The number of sulfonamides is 1. The van der Waals surface area contributed by atoms with Crippen molar-refractivity contribution in [2.45, 2.75) is 25.8 Å². The van der Waals surface area contributed by atoms with Crippen molar-refractivity contribution in [3.8, 4) is 11.1 Å². The summed E-state index contributed by atoms with van der Waals surface area (Å²) in [6.45, 7) is 1.98. The summed E-state index contributed by atoms with van der Waals surface area (Å²) in [7, 11) is -3.41. The first-order chi connectivity index (χ1) is 16.6. The topological polar surface area (TPSA) is 102 Å². The molecule has 0 bridgehead atoms. The Labute approximate surface area is 210 Å². The summed E-state index contributed by atoms with van der Waals surface area (Å²) in [5.41, 5.74) is 3.64. The van der Waals surface area contributed by atoms with Crippen LogP contribution in [0.3, 0.4) is 0 Å². The van der Waals surface area contributed by atoms with Crippen LogP contribution in [-0.2, 0) is 26.0 Å². The molecule has 3 aromatic rings. The first-order valence-electron chi connectivity index (χ1n) is 11.0. The van der Waals surface area contributed by atoms with Gasteiger partial charge in [0.15, 0.2) is 0 Å². The Morgan fingerprint density at radius 1 is 0.971 bits per heavy atom. The molecule has 184 valence electrons. The van der Waals surface area contributed by atoms with Crippen LogP contribution in [0.5, 0.6) is 0 Å². The molecule has 35 heavy (non-hydrogen) atoms. The number of ether oxygens (including phenoxy) is 1. The number of rotatable bonds is 10. The van der Waals surface area contributed by atoms with Crippen molar-refractivity contribution >= 4 is 39.2 Å². The number of esters is 1. The zero-order valence-electron chi connectivity index (χ0n) is 19.5. The van der Waals surface area contributed by atoms with Gasteiger partial charge in [-0.25, -0.2) is 8.42 Å². The van der Waals surface area contributed by atoms with Crippen molar-refractivity contribution in [2.75, 3.05) is 17.6 Å². The smallest absolute Gasteiger partial charge is 0.307 e. The number of halogens is 1. The van der Waals surface area contributed by atoms with Gasteiger partial charge in [0.1, 0.15) is 0 Å². The predicted octanol–water partition coefficient (Wildman–Crippen LogP) is 4.67. The summed E-state index contributed by atoms with van der Waals surface area (Å²) >= 11 is 6.09. The van der Waals surface area contributed by atoms with Gasteiger partial charge >= 0.3 is 5.97 Å². The number of amides is 1. The zero-order valence-corrected chi connectivity index (χ0v) is 21.0. The SMILES string of the molecule is CCOC(=O)CC(Cc1ccc(-c2cccc(Cl)c2)cc1)NC(=O)c1ccc(NS(C)(=O)=O)cc1. The Balaban J connectivity index is 1.72. The first kappa shape index (κ1) is 26.2. The summed E-state index contributed by atoms with van der Waals surface area (Å²) in [4.78, 5) is 25.0. The molecule has 0 aromatic heterocycles. The van der Waals surface area contributed by atoms with E-state index in [-0.39, 0.29) is 18.9 Å². The Bertz CT molecular complexity index is 1280. The van der Waals surface area contributed by atoms with Crippen molar-refractivity contribution in [3.63, 3.8) is 0 Å². The van der Waals surface area contributed by atoms with Gasteiger partial charge in [0.2, 0.25) is 10.0 Å². The van der Waals surface area contributed by atoms with Gasteiger partial charge in [-0.2, -0.15) is 0 Å². The molecule has 0 aliphatic heterocycles. The van der Waals surface area contributed by atoms with Crippen LogP contribution in [0.25, 0.3) is 11.1 Å². The summed E-state index contributed by atoms with van der Waals surface area (Å²) < 4.78 is 30.2. The standard InChI is InChI=1S/C26H27ClN2O5S/c1-3-34-25(30)17-24(28-26(31)20-11-13-23(14-12-20)29-35(2,32)33)15-18-7-9-19(10-8-18)21-5-4-6-22(27)16-21/h4-14,16,24,29H,3,15,17H2,1-2H3,(H,28,31). The molecule has 0 saturated carbocycles. The summed E-state index contributed by atoms with van der Waals surface area (Å²) in [5, 5.41) is 3.55. The fraction of sp³-hybridized carbons (Fsp3) is 0.231. The van der Waals surface area contributed by atoms with E-state index in [1.54, 1.807) is 6.92 Å². The number of benzene rings is 3. The molecule has 2 N–H and O–H groups in total. The minimum absolute atomic E-state index is 0.0172. The van der Waals surface area contributed by atoms with E-state index in [1.807, 2.05) is 48.5 Å². The molecule has 0 aliphatic carbocycles. The van der Waals surface area contributed by atoms with Gasteiger partial charge in [-0.05, 0) is 66.4 Å². The van der Waals surface area contributed by atoms with Crippen molar-refractivity contribution in [1.29, 1.82) is 0 Å². The predicted molar refractivity (Wildman–Crippen MR) is 138 cm³/mol. The minimum atomic E-state index is -3.41. The van der Waals surface area contributed by atoms with Crippen LogP contribution in [0, 0.1) is 0 Å². The van der Waals surface area contributed by atoms with Gasteiger partial charge in [-0.1, -0.05) is 48.0 Å². The molecule has 1 atom stereocenters. The molecule has 0 saturated heterocycles. The second kappa shape index (κ2) is 11.9. The average Bonchev–Trinajstić information content (AvgIpc) is 2.79. The molecule has 1 amide bonds. The second-order valence-electron chi connectivity index (χ2n) is 8.04. The molecule has 0 heterocycles. The molecule has 3 aromatic carbocycles. The molecule has 0 aliphatic rings. The highest BCUT2D eigenvalue weighted by atomic mass is 35.5. The summed E-state index contributed by atoms with van der Waals surface area (Å²) in [5.74, 6) is -0.776. The average molecular weight is 515 g/mol. The lowest BCUT2D eigenvalue weighted by Crippen LogP contribution is -2.38. The highest BCUT2D eigenvalue weighted by molar-refractivity contribution is 7.92. The molecule has 0 spiro atoms. The normalized spacial score (nSPS) is 12.0. The second-order valence-corrected chi connectivity index (χ2v) is 10.2. The van der Waals surface area contributed by atoms with Crippen LogP contribution < -0.4 is 10.0 Å². The fourth-order valence-electron chi connectivity index (χ4n) is 3.55. The van der Waals surface area contributed by atoms with E-state index in [1.165, 1.54) is 24.3 Å². The number of carbonyl (C=O) groups is 2. The third-order valence-electron chi connectivity index (χ3n) is 5.10. The fourth-order valence-corrected chi connectivity index (χ4v) is 4.31. The Morgan fingerprint density at radius 2 is 1.66 bits per heavy atom. The lowest BCUT2D eigenvalue weighted by Gasteiger charge is -2.19. The van der Waals surface area contributed by atoms with Gasteiger partial charge < -0.3 is 10.1 Å². The van der Waals surface area contributed by atoms with E-state index in [9.17, 15) is 18.0 Å². The van der Waals surface area contributed by atoms with Crippen molar-refractivity contribution in [3.05, 3.63) is 88.9 Å². The first-order valence-corrected chi connectivity index (χ1v) is 13.3. The van der Waals surface area contributed by atoms with Crippen LogP contribution in [0.4, 0.5) is 5.69 Å². The maximum absolute atomic E-state index is 12.8. The Morgan fingerprint density at radius 3 is 2.26 bits per heavy atom. The third kappa shape index (κ3) is 8.42. The minimum Gasteiger partial charge on any atom is -0.466 e. The molecular weight excluding hydrogens is 488 g/mol. The monoisotopic (exact) mass is 514 g/mol. The number of carbonyl (C=O) groups excluding carboxylic acids is 2. The van der Waals surface area contributed by atoms with E-state index < -0.39 is 22.0 Å². The molecule has 9 heteroatoms. The van der Waals surface area contributed by atoms with Crippen LogP contribution >= 0.6 is 11.6 Å². The molecule has 0 fully saturated rings. The van der Waals surface area contributed by atoms with Crippen LogP contribution in [0.15, 0.2) is 72.8 Å². The van der Waals surface area contributed by atoms with Crippen molar-refractivity contribution < 1.29 is 22.7 Å². The van der Waals surface area contributed by atoms with E-state index in [2.05, 4.69) is 10.0 Å². The van der Waals surface area contributed by atoms with E-state index in [0.29, 0.717) is 22.7 Å². The maximum atomic E-state index is 12.8. The maximum Gasteiger partial charge on any atom is 0.307 e. The van der Waals surface area contributed by atoms with E-state index >= 15 is 0 Å². The lowest BCUT2D eigenvalue weighted by atomic mass is 9.99. The number of nitrogens with one attached hydrogen (secondary N) is 2.